The second kappa shape index (κ2) is 10.7. The molecule has 0 atom stereocenters. The van der Waals surface area contributed by atoms with Crippen LogP contribution in [0.3, 0.4) is 0 Å². The number of amides is 3. The van der Waals surface area contributed by atoms with Gasteiger partial charge in [0, 0.05) is 24.0 Å². The Morgan fingerprint density at radius 3 is 2.10 bits per heavy atom. The van der Waals surface area contributed by atoms with Crippen LogP contribution in [0.25, 0.3) is 0 Å². The largest absolute Gasteiger partial charge is 0.493 e. The maximum Gasteiger partial charge on any atom is 0.413 e. The number of anilines is 2. The third-order valence-electron chi connectivity index (χ3n) is 4.14. The topological polar surface area (TPSA) is 129 Å². The van der Waals surface area contributed by atoms with Gasteiger partial charge >= 0.3 is 6.09 Å². The SMILES string of the molecule is CCOC(=O)N(C)c1ccc(NC(=O)c2cc(OC)c(OCC(N)=O)c(OC)c2)cc1. The Bertz CT molecular complexity index is 919. The zero-order valence-corrected chi connectivity index (χ0v) is 17.8. The van der Waals surface area contributed by atoms with Gasteiger partial charge in [-0.15, -0.1) is 0 Å². The molecule has 10 heteroatoms. The Morgan fingerprint density at radius 2 is 1.61 bits per heavy atom. The van der Waals surface area contributed by atoms with Crippen LogP contribution < -0.4 is 30.2 Å². The van der Waals surface area contributed by atoms with E-state index in [0.717, 1.165) is 0 Å². The van der Waals surface area contributed by atoms with E-state index in [1.54, 1.807) is 38.2 Å². The number of hydrogen-bond donors (Lipinski definition) is 2. The quantitative estimate of drug-likeness (QED) is 0.624. The number of carbonyl (C=O) groups excluding carboxylic acids is 3. The molecule has 3 amide bonds. The van der Waals surface area contributed by atoms with Gasteiger partial charge in [-0.05, 0) is 43.3 Å². The third kappa shape index (κ3) is 6.01. The van der Waals surface area contributed by atoms with Crippen molar-refractivity contribution in [3.05, 3.63) is 42.0 Å². The van der Waals surface area contributed by atoms with Gasteiger partial charge in [0.1, 0.15) is 0 Å². The molecule has 0 aliphatic carbocycles. The number of primary amides is 1. The highest BCUT2D eigenvalue weighted by molar-refractivity contribution is 6.05. The van der Waals surface area contributed by atoms with Crippen molar-refractivity contribution in [2.24, 2.45) is 5.73 Å². The molecule has 0 aliphatic rings. The highest BCUT2D eigenvalue weighted by atomic mass is 16.6. The number of rotatable bonds is 9. The molecule has 2 aromatic rings. The smallest absolute Gasteiger partial charge is 0.413 e. The zero-order chi connectivity index (χ0) is 23.0. The first kappa shape index (κ1) is 23.3. The molecule has 0 bridgehead atoms. The minimum Gasteiger partial charge on any atom is -0.493 e. The van der Waals surface area contributed by atoms with Crippen LogP contribution in [-0.4, -0.2) is 52.4 Å². The van der Waals surface area contributed by atoms with Crippen molar-refractivity contribution in [2.45, 2.75) is 6.92 Å². The Balaban J connectivity index is 2.19. The molecule has 0 radical (unpaired) electrons. The summed E-state index contributed by atoms with van der Waals surface area (Å²) in [7, 11) is 4.38. The molecule has 0 spiro atoms. The van der Waals surface area contributed by atoms with E-state index in [1.807, 2.05) is 0 Å². The number of ether oxygens (including phenoxy) is 4. The molecule has 0 aromatic heterocycles. The fourth-order valence-electron chi connectivity index (χ4n) is 2.59. The normalized spacial score (nSPS) is 10.1. The number of hydrogen-bond acceptors (Lipinski definition) is 7. The number of nitrogens with one attached hydrogen (secondary N) is 1. The van der Waals surface area contributed by atoms with E-state index in [0.29, 0.717) is 11.4 Å². The predicted octanol–water partition coefficient (Wildman–Crippen LogP) is 2.41. The van der Waals surface area contributed by atoms with Crippen molar-refractivity contribution in [1.29, 1.82) is 0 Å². The molecule has 10 nitrogen and oxygen atoms in total. The maximum atomic E-state index is 12.7. The highest BCUT2D eigenvalue weighted by Gasteiger charge is 2.19. The number of methoxy groups -OCH3 is 2. The Hall–Kier alpha value is -3.95. The summed E-state index contributed by atoms with van der Waals surface area (Å²) in [6.07, 6.45) is -0.475. The molecular formula is C21H25N3O7. The lowest BCUT2D eigenvalue weighted by molar-refractivity contribution is -0.120. The Morgan fingerprint density at radius 1 is 1.03 bits per heavy atom. The maximum absolute atomic E-state index is 12.7. The van der Waals surface area contributed by atoms with E-state index in [4.69, 9.17) is 24.7 Å². The number of benzene rings is 2. The number of carbonyl (C=O) groups is 3. The van der Waals surface area contributed by atoms with E-state index in [-0.39, 0.29) is 36.0 Å². The minimum absolute atomic E-state index is 0.159. The predicted molar refractivity (Wildman–Crippen MR) is 114 cm³/mol. The number of nitrogens with zero attached hydrogens (tertiary/aromatic N) is 1. The molecule has 3 N–H and O–H groups in total. The van der Waals surface area contributed by atoms with Gasteiger partial charge < -0.3 is 30.0 Å². The van der Waals surface area contributed by atoms with Crippen molar-refractivity contribution >= 4 is 29.3 Å². The summed E-state index contributed by atoms with van der Waals surface area (Å²) in [5.74, 6) is -0.520. The molecule has 0 fully saturated rings. The van der Waals surface area contributed by atoms with Crippen LogP contribution in [0.2, 0.25) is 0 Å². The van der Waals surface area contributed by atoms with E-state index < -0.39 is 17.9 Å². The summed E-state index contributed by atoms with van der Waals surface area (Å²) in [5, 5.41) is 2.75. The van der Waals surface area contributed by atoms with Gasteiger partial charge in [0.2, 0.25) is 5.75 Å². The average Bonchev–Trinajstić information content (AvgIpc) is 2.77. The van der Waals surface area contributed by atoms with Gasteiger partial charge in [-0.25, -0.2) is 4.79 Å². The summed E-state index contributed by atoms with van der Waals surface area (Å²) in [4.78, 5) is 36.9. The van der Waals surface area contributed by atoms with E-state index in [9.17, 15) is 14.4 Å². The molecule has 166 valence electrons. The molecule has 0 unspecified atom stereocenters. The lowest BCUT2D eigenvalue weighted by Gasteiger charge is -2.17. The van der Waals surface area contributed by atoms with Gasteiger partial charge in [0.25, 0.3) is 11.8 Å². The summed E-state index contributed by atoms with van der Waals surface area (Å²) in [5.41, 5.74) is 6.47. The van der Waals surface area contributed by atoms with Gasteiger partial charge in [-0.1, -0.05) is 0 Å². The van der Waals surface area contributed by atoms with Crippen LogP contribution in [0.15, 0.2) is 36.4 Å². The van der Waals surface area contributed by atoms with Crippen LogP contribution in [0.1, 0.15) is 17.3 Å². The first-order valence-corrected chi connectivity index (χ1v) is 9.29. The molecule has 0 aliphatic heterocycles. The summed E-state index contributed by atoms with van der Waals surface area (Å²) >= 11 is 0. The van der Waals surface area contributed by atoms with E-state index in [1.165, 1.54) is 31.3 Å². The van der Waals surface area contributed by atoms with Crippen LogP contribution in [0, 0.1) is 0 Å². The molecule has 0 saturated carbocycles. The lowest BCUT2D eigenvalue weighted by Crippen LogP contribution is -2.26. The van der Waals surface area contributed by atoms with Crippen molar-refractivity contribution < 1.29 is 33.3 Å². The molecule has 31 heavy (non-hydrogen) atoms. The zero-order valence-electron chi connectivity index (χ0n) is 17.8. The fourth-order valence-corrected chi connectivity index (χ4v) is 2.59. The van der Waals surface area contributed by atoms with Gasteiger partial charge in [0.15, 0.2) is 18.1 Å². The monoisotopic (exact) mass is 431 g/mol. The van der Waals surface area contributed by atoms with E-state index >= 15 is 0 Å². The van der Waals surface area contributed by atoms with Crippen LogP contribution in [0.5, 0.6) is 17.2 Å². The van der Waals surface area contributed by atoms with Crippen molar-refractivity contribution in [3.8, 4) is 17.2 Å². The van der Waals surface area contributed by atoms with Crippen molar-refractivity contribution in [3.63, 3.8) is 0 Å². The van der Waals surface area contributed by atoms with Gasteiger partial charge in [-0.3, -0.25) is 14.5 Å². The molecule has 0 saturated heterocycles. The summed E-state index contributed by atoms with van der Waals surface area (Å²) in [6.45, 7) is 1.63. The molecular weight excluding hydrogens is 406 g/mol. The Kier molecular flexibility index (Phi) is 8.07. The van der Waals surface area contributed by atoms with Crippen LogP contribution in [0.4, 0.5) is 16.2 Å². The van der Waals surface area contributed by atoms with E-state index in [2.05, 4.69) is 5.32 Å². The summed E-state index contributed by atoms with van der Waals surface area (Å²) in [6, 6.07) is 9.57. The molecule has 2 aromatic carbocycles. The summed E-state index contributed by atoms with van der Waals surface area (Å²) < 4.78 is 20.8. The second-order valence-electron chi connectivity index (χ2n) is 6.22. The lowest BCUT2D eigenvalue weighted by atomic mass is 10.1. The first-order valence-electron chi connectivity index (χ1n) is 9.29. The van der Waals surface area contributed by atoms with Crippen LogP contribution >= 0.6 is 0 Å². The average molecular weight is 431 g/mol. The number of nitrogens with two attached hydrogens (primary N) is 1. The highest BCUT2D eigenvalue weighted by Crippen LogP contribution is 2.38. The molecule has 2 rings (SSSR count). The van der Waals surface area contributed by atoms with Crippen molar-refractivity contribution in [2.75, 3.05) is 44.7 Å². The first-order chi connectivity index (χ1) is 14.8. The van der Waals surface area contributed by atoms with Gasteiger partial charge in [-0.2, -0.15) is 0 Å². The third-order valence-corrected chi connectivity index (χ3v) is 4.14. The van der Waals surface area contributed by atoms with Crippen molar-refractivity contribution in [1.82, 2.24) is 0 Å². The standard InChI is InChI=1S/C21H25N3O7/c1-5-30-21(27)24(2)15-8-6-14(7-9-15)23-20(26)13-10-16(28-3)19(17(11-13)29-4)31-12-18(22)25/h6-11H,5,12H2,1-4H3,(H2,22,25)(H,23,26). The minimum atomic E-state index is -0.664. The Labute approximate surface area is 179 Å². The fraction of sp³-hybridized carbons (Fsp3) is 0.286. The molecule has 0 heterocycles. The second-order valence-corrected chi connectivity index (χ2v) is 6.22. The van der Waals surface area contributed by atoms with Crippen LogP contribution in [-0.2, 0) is 9.53 Å². The van der Waals surface area contributed by atoms with Gasteiger partial charge in [0.05, 0.1) is 20.8 Å².